The number of rotatable bonds is 4. The van der Waals surface area contributed by atoms with Crippen LogP contribution in [0, 0.1) is 12.8 Å². The zero-order valence-electron chi connectivity index (χ0n) is 18.9. The van der Waals surface area contributed by atoms with Crippen LogP contribution in [0.1, 0.15) is 83.4 Å². The fourth-order valence-electron chi connectivity index (χ4n) is 3.83. The molecule has 4 nitrogen and oxygen atoms in total. The number of nitrogens with zero attached hydrogens (tertiary/aromatic N) is 4. The summed E-state index contributed by atoms with van der Waals surface area (Å²) in [4.78, 5) is 13.8. The summed E-state index contributed by atoms with van der Waals surface area (Å²) in [6.07, 6.45) is 11.6. The number of aryl methyl sites for hydroxylation is 1. The van der Waals surface area contributed by atoms with Crippen molar-refractivity contribution in [1.82, 2.24) is 19.8 Å². The Bertz CT molecular complexity index is 473. The molecule has 3 rings (SSSR count). The van der Waals surface area contributed by atoms with Crippen molar-refractivity contribution in [2.24, 2.45) is 5.92 Å². The molecule has 0 unspecified atom stereocenters. The maximum atomic E-state index is 4.52. The molecule has 0 bridgehead atoms. The summed E-state index contributed by atoms with van der Waals surface area (Å²) >= 11 is 0. The third-order valence-corrected chi connectivity index (χ3v) is 5.76. The number of hydrogen-bond donors (Lipinski definition) is 0. The fourth-order valence-corrected chi connectivity index (χ4v) is 3.83. The van der Waals surface area contributed by atoms with Crippen molar-refractivity contribution in [2.75, 3.05) is 39.8 Å². The molecule has 1 aromatic rings. The van der Waals surface area contributed by atoms with Crippen LogP contribution < -0.4 is 0 Å². The van der Waals surface area contributed by atoms with Gasteiger partial charge in [-0.3, -0.25) is 0 Å². The van der Waals surface area contributed by atoms with E-state index in [0.717, 1.165) is 5.92 Å². The number of piperidine rings is 2. The van der Waals surface area contributed by atoms with E-state index in [2.05, 4.69) is 47.6 Å². The van der Waals surface area contributed by atoms with Gasteiger partial charge in [0.05, 0.1) is 0 Å². The number of unbranched alkanes of at least 4 members (excludes halogenated alkanes) is 1. The molecule has 156 valence electrons. The zero-order chi connectivity index (χ0) is 20.1. The van der Waals surface area contributed by atoms with E-state index in [-0.39, 0.29) is 0 Å². The van der Waals surface area contributed by atoms with Crippen LogP contribution in [0.2, 0.25) is 0 Å². The molecule has 0 aromatic carbocycles. The first kappa shape index (κ1) is 24.0. The highest BCUT2D eigenvalue weighted by Gasteiger charge is 2.25. The van der Waals surface area contributed by atoms with Crippen LogP contribution in [0.3, 0.4) is 0 Å². The predicted octanol–water partition coefficient (Wildman–Crippen LogP) is 5.14. The van der Waals surface area contributed by atoms with E-state index in [0.29, 0.717) is 5.92 Å². The molecular weight excluding hydrogens is 332 g/mol. The SMILES string of the molecule is CC.CCCC.Cc1cncnc1C1CCN(CC2CCN(C)CC2)CC1. The summed E-state index contributed by atoms with van der Waals surface area (Å²) in [7, 11) is 2.24. The third-order valence-electron chi connectivity index (χ3n) is 5.76. The van der Waals surface area contributed by atoms with Crippen molar-refractivity contribution in [3.63, 3.8) is 0 Å². The average molecular weight is 377 g/mol. The number of hydrogen-bond acceptors (Lipinski definition) is 4. The van der Waals surface area contributed by atoms with E-state index in [1.807, 2.05) is 20.0 Å². The van der Waals surface area contributed by atoms with Gasteiger partial charge in [-0.25, -0.2) is 9.97 Å². The molecular formula is C23H44N4. The van der Waals surface area contributed by atoms with Gasteiger partial charge in [0.2, 0.25) is 0 Å². The summed E-state index contributed by atoms with van der Waals surface area (Å²) in [6, 6.07) is 0. The van der Waals surface area contributed by atoms with Gasteiger partial charge in [-0.1, -0.05) is 40.5 Å². The Hall–Kier alpha value is -1.00. The Labute approximate surface area is 168 Å². The molecule has 0 amide bonds. The van der Waals surface area contributed by atoms with Crippen LogP contribution >= 0.6 is 0 Å². The number of likely N-dealkylation sites (tertiary alicyclic amines) is 2. The number of aromatic nitrogens is 2. The van der Waals surface area contributed by atoms with E-state index in [1.165, 1.54) is 82.5 Å². The van der Waals surface area contributed by atoms with Crippen LogP contribution in [0.4, 0.5) is 0 Å². The van der Waals surface area contributed by atoms with E-state index in [9.17, 15) is 0 Å². The molecule has 2 fully saturated rings. The lowest BCUT2D eigenvalue weighted by molar-refractivity contribution is 0.138. The average Bonchev–Trinajstić information content (AvgIpc) is 2.72. The van der Waals surface area contributed by atoms with E-state index >= 15 is 0 Å². The lowest BCUT2D eigenvalue weighted by Crippen LogP contribution is -2.40. The van der Waals surface area contributed by atoms with Gasteiger partial charge in [-0.2, -0.15) is 0 Å². The van der Waals surface area contributed by atoms with Gasteiger partial charge >= 0.3 is 0 Å². The molecule has 0 radical (unpaired) electrons. The smallest absolute Gasteiger partial charge is 0.115 e. The van der Waals surface area contributed by atoms with E-state index in [1.54, 1.807) is 6.33 Å². The monoisotopic (exact) mass is 376 g/mol. The van der Waals surface area contributed by atoms with Crippen molar-refractivity contribution >= 4 is 0 Å². The molecule has 4 heteroatoms. The summed E-state index contributed by atoms with van der Waals surface area (Å²) in [5.74, 6) is 1.56. The lowest BCUT2D eigenvalue weighted by atomic mass is 9.89. The van der Waals surface area contributed by atoms with Crippen LogP contribution in [-0.2, 0) is 0 Å². The quantitative estimate of drug-likeness (QED) is 0.728. The largest absolute Gasteiger partial charge is 0.306 e. The first-order chi connectivity index (χ1) is 13.1. The molecule has 0 aliphatic carbocycles. The van der Waals surface area contributed by atoms with E-state index < -0.39 is 0 Å². The summed E-state index contributed by atoms with van der Waals surface area (Å²) < 4.78 is 0. The summed E-state index contributed by atoms with van der Waals surface area (Å²) in [5, 5.41) is 0. The highest BCUT2D eigenvalue weighted by atomic mass is 15.1. The maximum absolute atomic E-state index is 4.52. The van der Waals surface area contributed by atoms with Gasteiger partial charge in [0.25, 0.3) is 0 Å². The first-order valence-electron chi connectivity index (χ1n) is 11.3. The molecule has 0 atom stereocenters. The van der Waals surface area contributed by atoms with Crippen molar-refractivity contribution in [1.29, 1.82) is 0 Å². The van der Waals surface area contributed by atoms with Crippen LogP contribution in [-0.4, -0.2) is 59.5 Å². The minimum absolute atomic E-state index is 0.640. The molecule has 2 aliphatic heterocycles. The van der Waals surface area contributed by atoms with Gasteiger partial charge < -0.3 is 9.80 Å². The van der Waals surface area contributed by atoms with Gasteiger partial charge in [-0.05, 0) is 77.3 Å². The van der Waals surface area contributed by atoms with Crippen molar-refractivity contribution in [3.8, 4) is 0 Å². The topological polar surface area (TPSA) is 32.3 Å². The Morgan fingerprint density at radius 2 is 1.56 bits per heavy atom. The lowest BCUT2D eigenvalue weighted by Gasteiger charge is -2.36. The first-order valence-corrected chi connectivity index (χ1v) is 11.3. The summed E-state index contributed by atoms with van der Waals surface area (Å²) in [5.41, 5.74) is 2.54. The Kier molecular flexibility index (Phi) is 12.5. The van der Waals surface area contributed by atoms with Gasteiger partial charge in [-0.15, -0.1) is 0 Å². The van der Waals surface area contributed by atoms with Crippen LogP contribution in [0.15, 0.2) is 12.5 Å². The molecule has 0 spiro atoms. The van der Waals surface area contributed by atoms with Gasteiger partial charge in [0, 0.05) is 24.4 Å². The second kappa shape index (κ2) is 14.1. The Morgan fingerprint density at radius 3 is 2.07 bits per heavy atom. The minimum atomic E-state index is 0.640. The standard InChI is InChI=1S/C17H28N4.C4H10.C2H6/c1-14-11-18-13-19-17(14)16-5-9-21(10-6-16)12-15-3-7-20(2)8-4-15;1-3-4-2;1-2/h11,13,15-16H,3-10,12H2,1-2H3;3-4H2,1-2H3;1-2H3. The van der Waals surface area contributed by atoms with Crippen molar-refractivity contribution in [2.45, 2.75) is 79.1 Å². The predicted molar refractivity (Wildman–Crippen MR) is 117 cm³/mol. The molecule has 3 heterocycles. The molecule has 2 aliphatic rings. The fraction of sp³-hybridized carbons (Fsp3) is 0.826. The summed E-state index contributed by atoms with van der Waals surface area (Å²) in [6.45, 7) is 16.8. The van der Waals surface area contributed by atoms with E-state index in [4.69, 9.17) is 0 Å². The highest BCUT2D eigenvalue weighted by molar-refractivity contribution is 5.18. The van der Waals surface area contributed by atoms with Crippen molar-refractivity contribution < 1.29 is 0 Å². The molecule has 0 saturated carbocycles. The Balaban J connectivity index is 0.000000541. The Morgan fingerprint density at radius 1 is 0.963 bits per heavy atom. The highest BCUT2D eigenvalue weighted by Crippen LogP contribution is 2.29. The molecule has 0 N–H and O–H groups in total. The second-order valence-electron chi connectivity index (χ2n) is 7.91. The molecule has 1 aromatic heterocycles. The molecule has 27 heavy (non-hydrogen) atoms. The van der Waals surface area contributed by atoms with Crippen molar-refractivity contribution in [3.05, 3.63) is 23.8 Å². The normalized spacial score (nSPS) is 19.6. The van der Waals surface area contributed by atoms with Crippen LogP contribution in [0.25, 0.3) is 0 Å². The van der Waals surface area contributed by atoms with Crippen LogP contribution in [0.5, 0.6) is 0 Å². The zero-order valence-corrected chi connectivity index (χ0v) is 18.9. The minimum Gasteiger partial charge on any atom is -0.306 e. The van der Waals surface area contributed by atoms with Gasteiger partial charge in [0.1, 0.15) is 6.33 Å². The van der Waals surface area contributed by atoms with Gasteiger partial charge in [0.15, 0.2) is 0 Å². The third kappa shape index (κ3) is 8.69. The molecule has 2 saturated heterocycles. The maximum Gasteiger partial charge on any atom is 0.115 e. The second-order valence-corrected chi connectivity index (χ2v) is 7.91.